The number of nitrogens with zero attached hydrogens (tertiary/aromatic N) is 2. The van der Waals surface area contributed by atoms with Crippen molar-refractivity contribution in [2.45, 2.75) is 57.0 Å². The second-order valence-electron chi connectivity index (χ2n) is 8.08. The van der Waals surface area contributed by atoms with Crippen molar-refractivity contribution in [2.75, 3.05) is 5.32 Å². The number of anilines is 1. The number of amides is 4. The number of aromatic nitrogens is 1. The summed E-state index contributed by atoms with van der Waals surface area (Å²) in [5.74, 6) is -1.89. The number of thiazole rings is 1. The molecule has 9 nitrogen and oxygen atoms in total. The van der Waals surface area contributed by atoms with E-state index in [9.17, 15) is 19.2 Å². The molecule has 2 aliphatic rings. The molecule has 0 radical (unpaired) electrons. The first-order valence-electron chi connectivity index (χ1n) is 10.6. The Labute approximate surface area is 192 Å². The molecule has 170 valence electrons. The first kappa shape index (κ1) is 22.4. The van der Waals surface area contributed by atoms with Crippen LogP contribution in [0.5, 0.6) is 0 Å². The van der Waals surface area contributed by atoms with Crippen LogP contribution in [0.15, 0.2) is 22.9 Å². The molecule has 3 N–H and O–H groups in total. The smallest absolute Gasteiger partial charge is 0.355 e. The highest BCUT2D eigenvalue weighted by molar-refractivity contribution is 7.14. The molecule has 2 atom stereocenters. The molecule has 2 aromatic heterocycles. The molecule has 0 bridgehead atoms. The second-order valence-corrected chi connectivity index (χ2v) is 9.97. The third kappa shape index (κ3) is 4.99. The highest BCUT2D eigenvalue weighted by atomic mass is 32.1. The topological polar surface area (TPSA) is 129 Å². The molecule has 0 aromatic carbocycles. The van der Waals surface area contributed by atoms with Crippen LogP contribution < -0.4 is 10.6 Å². The molecule has 2 unspecified atom stereocenters. The van der Waals surface area contributed by atoms with Gasteiger partial charge in [-0.1, -0.05) is 38.2 Å². The first-order valence-corrected chi connectivity index (χ1v) is 12.3. The van der Waals surface area contributed by atoms with E-state index < -0.39 is 35.9 Å². The van der Waals surface area contributed by atoms with Crippen molar-refractivity contribution >= 4 is 51.6 Å². The molecule has 11 heteroatoms. The van der Waals surface area contributed by atoms with Crippen molar-refractivity contribution < 1.29 is 24.3 Å². The van der Waals surface area contributed by atoms with E-state index in [2.05, 4.69) is 15.6 Å². The number of rotatable bonds is 8. The minimum Gasteiger partial charge on any atom is -0.476 e. The first-order chi connectivity index (χ1) is 15.4. The Morgan fingerprint density at radius 3 is 2.69 bits per heavy atom. The summed E-state index contributed by atoms with van der Waals surface area (Å²) in [6, 6.07) is 1.54. The van der Waals surface area contributed by atoms with Crippen LogP contribution in [0.2, 0.25) is 0 Å². The van der Waals surface area contributed by atoms with E-state index in [0.29, 0.717) is 12.8 Å². The SMILES string of the molecule is O=C(O)c1csc(NC(=O)C(CC2CCCCC2)N2C(=O)NC(Cc3cccs3)C2=O)n1. The van der Waals surface area contributed by atoms with Crippen molar-refractivity contribution in [3.63, 3.8) is 0 Å². The maximum atomic E-state index is 13.2. The Morgan fingerprint density at radius 1 is 1.25 bits per heavy atom. The minimum atomic E-state index is -1.19. The van der Waals surface area contributed by atoms with Gasteiger partial charge in [-0.05, 0) is 23.8 Å². The number of hydrogen-bond acceptors (Lipinski definition) is 7. The van der Waals surface area contributed by atoms with Gasteiger partial charge < -0.3 is 15.7 Å². The van der Waals surface area contributed by atoms with Gasteiger partial charge in [0.15, 0.2) is 10.8 Å². The fourth-order valence-corrected chi connectivity index (χ4v) is 5.74. The van der Waals surface area contributed by atoms with Gasteiger partial charge in [0, 0.05) is 16.7 Å². The van der Waals surface area contributed by atoms with Crippen LogP contribution >= 0.6 is 22.7 Å². The zero-order valence-corrected chi connectivity index (χ0v) is 18.9. The van der Waals surface area contributed by atoms with Crippen LogP contribution in [0, 0.1) is 5.92 Å². The molecule has 1 saturated carbocycles. The molecule has 32 heavy (non-hydrogen) atoms. The summed E-state index contributed by atoms with van der Waals surface area (Å²) in [4.78, 5) is 56.1. The zero-order chi connectivity index (χ0) is 22.7. The lowest BCUT2D eigenvalue weighted by molar-refractivity contribution is -0.134. The zero-order valence-electron chi connectivity index (χ0n) is 17.3. The van der Waals surface area contributed by atoms with Crippen molar-refractivity contribution in [1.82, 2.24) is 15.2 Å². The summed E-state index contributed by atoms with van der Waals surface area (Å²) in [6.07, 6.45) is 5.94. The van der Waals surface area contributed by atoms with E-state index in [1.54, 1.807) is 0 Å². The predicted molar refractivity (Wildman–Crippen MR) is 120 cm³/mol. The number of imide groups is 1. The molecule has 0 spiro atoms. The lowest BCUT2D eigenvalue weighted by atomic mass is 9.84. The van der Waals surface area contributed by atoms with Gasteiger partial charge in [0.25, 0.3) is 5.91 Å². The van der Waals surface area contributed by atoms with Gasteiger partial charge in [0.05, 0.1) is 0 Å². The maximum absolute atomic E-state index is 13.2. The maximum Gasteiger partial charge on any atom is 0.355 e. The standard InChI is InChI=1S/C21H24N4O5S2/c26-17(24-20-22-15(11-32-20)19(28)29)16(9-12-5-2-1-3-6-12)25-18(27)14(23-21(25)30)10-13-7-4-8-31-13/h4,7-8,11-12,14,16H,1-3,5-6,9-10H2,(H,23,30)(H,28,29)(H,22,24,26). The third-order valence-electron chi connectivity index (χ3n) is 5.89. The summed E-state index contributed by atoms with van der Waals surface area (Å²) >= 11 is 2.50. The summed E-state index contributed by atoms with van der Waals surface area (Å²) in [6.45, 7) is 0. The number of hydrogen-bond donors (Lipinski definition) is 3. The van der Waals surface area contributed by atoms with Gasteiger partial charge in [-0.3, -0.25) is 9.59 Å². The normalized spacial score (nSPS) is 20.2. The average molecular weight is 477 g/mol. The molecule has 2 fully saturated rings. The summed E-state index contributed by atoms with van der Waals surface area (Å²) in [5, 5.41) is 17.8. The average Bonchev–Trinajstić information content (AvgIpc) is 3.50. The van der Waals surface area contributed by atoms with E-state index in [-0.39, 0.29) is 16.7 Å². The van der Waals surface area contributed by atoms with Crippen LogP contribution in [0.1, 0.15) is 53.9 Å². The van der Waals surface area contributed by atoms with Gasteiger partial charge in [-0.2, -0.15) is 0 Å². The van der Waals surface area contributed by atoms with E-state index in [1.165, 1.54) is 16.7 Å². The third-order valence-corrected chi connectivity index (χ3v) is 7.54. The Hall–Kier alpha value is -2.79. The molecule has 2 aromatic rings. The van der Waals surface area contributed by atoms with Crippen molar-refractivity contribution in [2.24, 2.45) is 5.92 Å². The largest absolute Gasteiger partial charge is 0.476 e. The summed E-state index contributed by atoms with van der Waals surface area (Å²) in [5.41, 5.74) is -0.167. The van der Waals surface area contributed by atoms with Crippen molar-refractivity contribution in [1.29, 1.82) is 0 Å². The Balaban J connectivity index is 1.53. The number of carbonyl (C=O) groups excluding carboxylic acids is 3. The number of aromatic carboxylic acids is 1. The van der Waals surface area contributed by atoms with Crippen molar-refractivity contribution in [3.8, 4) is 0 Å². The highest BCUT2D eigenvalue weighted by Gasteiger charge is 2.45. The van der Waals surface area contributed by atoms with E-state index in [1.807, 2.05) is 17.5 Å². The van der Waals surface area contributed by atoms with Crippen LogP contribution in [-0.4, -0.2) is 50.9 Å². The molecule has 4 amide bonds. The quantitative estimate of drug-likeness (QED) is 0.501. The van der Waals surface area contributed by atoms with E-state index in [4.69, 9.17) is 5.11 Å². The van der Waals surface area contributed by atoms with Crippen molar-refractivity contribution in [3.05, 3.63) is 33.5 Å². The molecule has 1 aliphatic heterocycles. The Morgan fingerprint density at radius 2 is 2.03 bits per heavy atom. The van der Waals surface area contributed by atoms with Crippen LogP contribution in [-0.2, 0) is 16.0 Å². The van der Waals surface area contributed by atoms with Crippen LogP contribution in [0.25, 0.3) is 0 Å². The fourth-order valence-electron chi connectivity index (χ4n) is 4.30. The number of carboxylic acids is 1. The number of nitrogens with one attached hydrogen (secondary N) is 2. The number of thiophene rings is 1. The highest BCUT2D eigenvalue weighted by Crippen LogP contribution is 2.31. The molecule has 1 saturated heterocycles. The lowest BCUT2D eigenvalue weighted by Gasteiger charge is -2.30. The number of urea groups is 1. The molecule has 4 rings (SSSR count). The van der Waals surface area contributed by atoms with E-state index in [0.717, 1.165) is 53.2 Å². The number of carboxylic acid groups (broad SMARTS) is 1. The predicted octanol–water partition coefficient (Wildman–Crippen LogP) is 3.34. The van der Waals surface area contributed by atoms with Gasteiger partial charge in [0.1, 0.15) is 12.1 Å². The monoisotopic (exact) mass is 476 g/mol. The van der Waals surface area contributed by atoms with E-state index >= 15 is 0 Å². The lowest BCUT2D eigenvalue weighted by Crippen LogP contribution is -2.49. The Bertz CT molecular complexity index is 1000. The van der Waals surface area contributed by atoms with Gasteiger partial charge in [-0.15, -0.1) is 22.7 Å². The number of carbonyl (C=O) groups is 4. The van der Waals surface area contributed by atoms with Gasteiger partial charge >= 0.3 is 12.0 Å². The molecular weight excluding hydrogens is 452 g/mol. The molecule has 3 heterocycles. The minimum absolute atomic E-state index is 0.128. The fraction of sp³-hybridized carbons (Fsp3) is 0.476. The Kier molecular flexibility index (Phi) is 6.85. The summed E-state index contributed by atoms with van der Waals surface area (Å²) in [7, 11) is 0. The van der Waals surface area contributed by atoms with Crippen LogP contribution in [0.3, 0.4) is 0 Å². The van der Waals surface area contributed by atoms with Gasteiger partial charge in [0.2, 0.25) is 5.91 Å². The molecule has 1 aliphatic carbocycles. The van der Waals surface area contributed by atoms with Crippen LogP contribution in [0.4, 0.5) is 9.93 Å². The second kappa shape index (κ2) is 9.78. The summed E-state index contributed by atoms with van der Waals surface area (Å²) < 4.78 is 0. The molecular formula is C21H24N4O5S2. The van der Waals surface area contributed by atoms with Gasteiger partial charge in [-0.25, -0.2) is 19.5 Å².